The molecule has 0 unspecified atom stereocenters. The zero-order valence-corrected chi connectivity index (χ0v) is 22.7. The first-order valence-corrected chi connectivity index (χ1v) is 14.8. The molecule has 1 aliphatic heterocycles. The highest BCUT2D eigenvalue weighted by atomic mass is 79.9. The van der Waals surface area contributed by atoms with E-state index in [9.17, 15) is 13.2 Å². The summed E-state index contributed by atoms with van der Waals surface area (Å²) >= 11 is 4.91. The van der Waals surface area contributed by atoms with Crippen LogP contribution in [0.2, 0.25) is 0 Å². The number of ether oxygens (including phenoxy) is 1. The summed E-state index contributed by atoms with van der Waals surface area (Å²) < 4.78 is 34.3. The van der Waals surface area contributed by atoms with Crippen molar-refractivity contribution in [2.45, 2.75) is 53.8 Å². The summed E-state index contributed by atoms with van der Waals surface area (Å²) in [4.78, 5) is 15.4. The number of hydrogen-bond donors (Lipinski definition) is 1. The normalized spacial score (nSPS) is 24.0. The zero-order valence-electron chi connectivity index (χ0n) is 19.5. The van der Waals surface area contributed by atoms with E-state index in [0.29, 0.717) is 43.7 Å². The van der Waals surface area contributed by atoms with Gasteiger partial charge < -0.3 is 10.1 Å². The number of hydrogen-bond acceptors (Lipinski definition) is 5. The monoisotopic (exact) mass is 566 g/mol. The molecular formula is C25H31BrN2O4S2. The van der Waals surface area contributed by atoms with E-state index in [1.54, 1.807) is 12.1 Å². The number of halogens is 1. The molecule has 2 aliphatic rings. The summed E-state index contributed by atoms with van der Waals surface area (Å²) in [5.41, 5.74) is 0.396. The average molecular weight is 568 g/mol. The van der Waals surface area contributed by atoms with E-state index in [1.165, 1.54) is 28.6 Å². The van der Waals surface area contributed by atoms with E-state index in [-0.39, 0.29) is 16.8 Å². The number of amides is 1. The van der Waals surface area contributed by atoms with Crippen LogP contribution in [0.1, 0.15) is 43.5 Å². The fraction of sp³-hybridized carbons (Fsp3) is 0.480. The van der Waals surface area contributed by atoms with Gasteiger partial charge in [0, 0.05) is 33.4 Å². The number of benzene rings is 2. The maximum Gasteiger partial charge on any atom is 0.252 e. The van der Waals surface area contributed by atoms with Crippen molar-refractivity contribution in [1.82, 2.24) is 9.62 Å². The number of rotatable bonds is 6. The lowest BCUT2D eigenvalue weighted by Crippen LogP contribution is -2.44. The van der Waals surface area contributed by atoms with Crippen LogP contribution in [0.15, 0.2) is 61.6 Å². The third-order valence-corrected chi connectivity index (χ3v) is 10.4. The zero-order chi connectivity index (χ0) is 24.3. The molecular weight excluding hydrogens is 536 g/mol. The van der Waals surface area contributed by atoms with Crippen LogP contribution in [0.3, 0.4) is 0 Å². The number of morpholine rings is 1. The predicted molar refractivity (Wildman–Crippen MR) is 138 cm³/mol. The van der Waals surface area contributed by atoms with Crippen molar-refractivity contribution in [3.63, 3.8) is 0 Å². The van der Waals surface area contributed by atoms with Gasteiger partial charge in [-0.15, -0.1) is 0 Å². The first-order valence-electron chi connectivity index (χ1n) is 11.7. The highest BCUT2D eigenvalue weighted by molar-refractivity contribution is 9.10. The van der Waals surface area contributed by atoms with Crippen LogP contribution in [0.25, 0.3) is 0 Å². The maximum absolute atomic E-state index is 13.5. The predicted octanol–water partition coefficient (Wildman–Crippen LogP) is 5.18. The van der Waals surface area contributed by atoms with Gasteiger partial charge in [0.1, 0.15) is 0 Å². The molecule has 1 saturated carbocycles. The van der Waals surface area contributed by atoms with Gasteiger partial charge in [0.25, 0.3) is 5.91 Å². The van der Waals surface area contributed by atoms with E-state index in [1.807, 2.05) is 24.3 Å². The Morgan fingerprint density at radius 2 is 1.79 bits per heavy atom. The Balaban J connectivity index is 1.66. The minimum Gasteiger partial charge on any atom is -0.379 e. The molecule has 6 nitrogen and oxygen atoms in total. The Hall–Kier alpha value is -1.39. The highest BCUT2D eigenvalue weighted by Gasteiger charge is 2.31. The lowest BCUT2D eigenvalue weighted by Gasteiger charge is -2.34. The molecule has 1 aliphatic carbocycles. The van der Waals surface area contributed by atoms with Crippen molar-refractivity contribution < 1.29 is 17.9 Å². The molecule has 1 N–H and O–H groups in total. The maximum atomic E-state index is 13.5. The Kier molecular flexibility index (Phi) is 8.40. The Morgan fingerprint density at radius 1 is 1.09 bits per heavy atom. The van der Waals surface area contributed by atoms with Crippen molar-refractivity contribution in [3.8, 4) is 0 Å². The first kappa shape index (κ1) is 25.7. The Morgan fingerprint density at radius 3 is 2.50 bits per heavy atom. The van der Waals surface area contributed by atoms with Crippen molar-refractivity contribution in [1.29, 1.82) is 0 Å². The van der Waals surface area contributed by atoms with Crippen molar-refractivity contribution in [2.75, 3.05) is 26.3 Å². The van der Waals surface area contributed by atoms with Crippen LogP contribution in [-0.4, -0.2) is 51.0 Å². The van der Waals surface area contributed by atoms with E-state index in [0.717, 1.165) is 27.1 Å². The molecule has 1 saturated heterocycles. The number of nitrogens with one attached hydrogen (secondary N) is 1. The Bertz CT molecular complexity index is 1120. The molecule has 4 rings (SSSR count). The minimum atomic E-state index is -3.71. The van der Waals surface area contributed by atoms with Crippen molar-refractivity contribution in [2.24, 2.45) is 11.8 Å². The smallest absolute Gasteiger partial charge is 0.252 e. The number of sulfonamides is 1. The molecule has 3 atom stereocenters. The molecule has 0 bridgehead atoms. The van der Waals surface area contributed by atoms with E-state index in [2.05, 4.69) is 35.1 Å². The van der Waals surface area contributed by atoms with Crippen LogP contribution in [0.4, 0.5) is 0 Å². The van der Waals surface area contributed by atoms with Crippen LogP contribution in [-0.2, 0) is 14.8 Å². The molecule has 0 aromatic heterocycles. The fourth-order valence-corrected chi connectivity index (χ4v) is 7.16. The summed E-state index contributed by atoms with van der Waals surface area (Å²) in [5, 5.41) is 3.22. The molecule has 9 heteroatoms. The van der Waals surface area contributed by atoms with E-state index < -0.39 is 10.0 Å². The van der Waals surface area contributed by atoms with E-state index >= 15 is 0 Å². The van der Waals surface area contributed by atoms with Crippen LogP contribution >= 0.6 is 27.7 Å². The summed E-state index contributed by atoms with van der Waals surface area (Å²) in [6.07, 6.45) is 3.20. The number of nitrogens with zero attached hydrogens (tertiary/aromatic N) is 1. The second kappa shape index (κ2) is 11.1. The quantitative estimate of drug-likeness (QED) is 0.521. The van der Waals surface area contributed by atoms with Crippen LogP contribution in [0, 0.1) is 11.8 Å². The number of carbonyl (C=O) groups excluding carboxylic acids is 1. The third kappa shape index (κ3) is 5.87. The molecule has 0 radical (unpaired) electrons. The SMILES string of the molecule is C[C@@H]1[C@H](C)CCC[C@@H]1NC(=O)c1cc(S(=O)(=O)N2CCOCC2)ccc1Sc1ccc(Br)cc1. The summed E-state index contributed by atoms with van der Waals surface area (Å²) in [6, 6.07) is 12.8. The molecule has 184 valence electrons. The van der Waals surface area contributed by atoms with Gasteiger partial charge in [-0.25, -0.2) is 8.42 Å². The molecule has 2 aromatic rings. The second-order valence-electron chi connectivity index (χ2n) is 9.08. The van der Waals surface area contributed by atoms with Gasteiger partial charge >= 0.3 is 0 Å². The topological polar surface area (TPSA) is 75.7 Å². The highest BCUT2D eigenvalue weighted by Crippen LogP contribution is 2.34. The van der Waals surface area contributed by atoms with Gasteiger partial charge in [-0.2, -0.15) is 4.31 Å². The lowest BCUT2D eigenvalue weighted by molar-refractivity contribution is 0.0730. The number of carbonyl (C=O) groups is 1. The summed E-state index contributed by atoms with van der Waals surface area (Å²) in [7, 11) is -3.71. The van der Waals surface area contributed by atoms with Crippen molar-refractivity contribution in [3.05, 3.63) is 52.5 Å². The van der Waals surface area contributed by atoms with Gasteiger partial charge in [-0.05, 0) is 60.7 Å². The first-order chi connectivity index (χ1) is 16.3. The standard InChI is InChI=1S/C25H31BrN2O4S2/c1-17-4-3-5-23(18(17)2)27-25(29)22-16-21(34(30,31)28-12-14-32-15-13-28)10-11-24(22)33-20-8-6-19(26)7-9-20/h6-11,16-18,23H,3-5,12-15H2,1-2H3,(H,27,29)/t17-,18-,23+/m1/s1. The Labute approximate surface area is 215 Å². The van der Waals surface area contributed by atoms with Crippen molar-refractivity contribution >= 4 is 43.6 Å². The van der Waals surface area contributed by atoms with Gasteiger partial charge in [0.15, 0.2) is 0 Å². The van der Waals surface area contributed by atoms with Crippen LogP contribution in [0.5, 0.6) is 0 Å². The summed E-state index contributed by atoms with van der Waals surface area (Å²) in [6.45, 7) is 5.80. The molecule has 1 amide bonds. The lowest BCUT2D eigenvalue weighted by atomic mass is 9.78. The largest absolute Gasteiger partial charge is 0.379 e. The van der Waals surface area contributed by atoms with Crippen LogP contribution < -0.4 is 5.32 Å². The van der Waals surface area contributed by atoms with Gasteiger partial charge in [0.2, 0.25) is 10.0 Å². The second-order valence-corrected chi connectivity index (χ2v) is 13.0. The van der Waals surface area contributed by atoms with Gasteiger partial charge in [0.05, 0.1) is 23.7 Å². The minimum absolute atomic E-state index is 0.0845. The fourth-order valence-electron chi connectivity index (χ4n) is 4.53. The van der Waals surface area contributed by atoms with E-state index in [4.69, 9.17) is 4.74 Å². The molecule has 34 heavy (non-hydrogen) atoms. The van der Waals surface area contributed by atoms with Gasteiger partial charge in [-0.3, -0.25) is 4.79 Å². The molecule has 1 heterocycles. The molecule has 2 fully saturated rings. The molecule has 0 spiro atoms. The molecule has 2 aromatic carbocycles. The average Bonchev–Trinajstić information content (AvgIpc) is 2.84. The van der Waals surface area contributed by atoms with Gasteiger partial charge in [-0.1, -0.05) is 54.4 Å². The summed E-state index contributed by atoms with van der Waals surface area (Å²) in [5.74, 6) is 0.703. The third-order valence-electron chi connectivity index (χ3n) is 6.87.